The number of nitrogens with zero attached hydrogens (tertiary/aromatic N) is 1. The average molecular weight is 370 g/mol. The second-order valence-corrected chi connectivity index (χ2v) is 7.83. The van der Waals surface area contributed by atoms with Crippen molar-refractivity contribution < 1.29 is 14.3 Å². The van der Waals surface area contributed by atoms with Crippen LogP contribution in [0.25, 0.3) is 0 Å². The first-order valence-corrected chi connectivity index (χ1v) is 9.85. The van der Waals surface area contributed by atoms with Crippen molar-refractivity contribution in [2.24, 2.45) is 0 Å². The van der Waals surface area contributed by atoms with E-state index in [1.807, 2.05) is 46.7 Å². The van der Waals surface area contributed by atoms with E-state index in [0.717, 1.165) is 29.0 Å². The van der Waals surface area contributed by atoms with Gasteiger partial charge in [0.2, 0.25) is 11.8 Å². The molecule has 6 heteroatoms. The van der Waals surface area contributed by atoms with Crippen molar-refractivity contribution in [1.82, 2.24) is 4.90 Å². The molecule has 2 aliphatic rings. The van der Waals surface area contributed by atoms with E-state index in [9.17, 15) is 9.59 Å². The smallest absolute Gasteiger partial charge is 0.235 e. The van der Waals surface area contributed by atoms with Gasteiger partial charge in [0.15, 0.2) is 0 Å². The molecule has 0 atom stereocenters. The first-order valence-electron chi connectivity index (χ1n) is 8.97. The Morgan fingerprint density at radius 2 is 1.85 bits per heavy atom. The Morgan fingerprint density at radius 1 is 1.12 bits per heavy atom. The van der Waals surface area contributed by atoms with Crippen molar-refractivity contribution in [3.8, 4) is 0 Å². The van der Waals surface area contributed by atoms with Gasteiger partial charge in [-0.1, -0.05) is 18.2 Å². The maximum Gasteiger partial charge on any atom is 0.235 e. The lowest BCUT2D eigenvalue weighted by atomic mass is 10.0. The van der Waals surface area contributed by atoms with E-state index in [2.05, 4.69) is 5.32 Å². The lowest BCUT2D eigenvalue weighted by Crippen LogP contribution is -2.41. The minimum absolute atomic E-state index is 0.0668. The second-order valence-electron chi connectivity index (χ2n) is 6.88. The summed E-state index contributed by atoms with van der Waals surface area (Å²) in [6, 6.07) is 11.6. The summed E-state index contributed by atoms with van der Waals surface area (Å²) in [6.07, 6.45) is 2.20. The van der Waals surface area contributed by atoms with Crippen LogP contribution >= 0.6 is 11.3 Å². The number of rotatable bonds is 5. The van der Waals surface area contributed by atoms with Crippen LogP contribution in [0.5, 0.6) is 0 Å². The van der Waals surface area contributed by atoms with Gasteiger partial charge in [0.05, 0.1) is 25.0 Å². The molecule has 2 heterocycles. The summed E-state index contributed by atoms with van der Waals surface area (Å²) in [5, 5.41) is 5.05. The average Bonchev–Trinajstić information content (AvgIpc) is 3.30. The molecule has 1 N–H and O–H groups in total. The Balaban J connectivity index is 1.36. The molecular formula is C20H22N2O3S. The largest absolute Gasteiger partial charge is 0.378 e. The monoisotopic (exact) mass is 370 g/mol. The third-order valence-electron chi connectivity index (χ3n) is 5.11. The Bertz CT molecular complexity index is 776. The third kappa shape index (κ3) is 3.52. The van der Waals surface area contributed by atoms with Crippen molar-refractivity contribution in [3.63, 3.8) is 0 Å². The van der Waals surface area contributed by atoms with Gasteiger partial charge in [0, 0.05) is 23.7 Å². The van der Waals surface area contributed by atoms with Gasteiger partial charge in [-0.25, -0.2) is 0 Å². The number of morpholine rings is 1. The molecule has 5 nitrogen and oxygen atoms in total. The SMILES string of the molecule is O=C(Cc1ccc(NC(=O)C2(c3cccs3)CC2)cc1)N1CCOCC1. The summed E-state index contributed by atoms with van der Waals surface area (Å²) >= 11 is 1.64. The number of hydrogen-bond donors (Lipinski definition) is 1. The Kier molecular flexibility index (Phi) is 4.78. The predicted octanol–water partition coefficient (Wildman–Crippen LogP) is 2.82. The summed E-state index contributed by atoms with van der Waals surface area (Å²) in [5.74, 6) is 0.191. The standard InChI is InChI=1S/C20H22N2O3S/c23-18(22-9-11-25-12-10-22)14-15-3-5-16(6-4-15)21-19(24)20(7-8-20)17-2-1-13-26-17/h1-6,13H,7-12,14H2,(H,21,24). The minimum atomic E-state index is -0.334. The maximum atomic E-state index is 12.7. The molecule has 2 amide bonds. The van der Waals surface area contributed by atoms with Gasteiger partial charge in [0.1, 0.15) is 0 Å². The third-order valence-corrected chi connectivity index (χ3v) is 6.18. The van der Waals surface area contributed by atoms with Crippen LogP contribution in [0.4, 0.5) is 5.69 Å². The number of benzene rings is 1. The molecular weight excluding hydrogens is 348 g/mol. The van der Waals surface area contributed by atoms with Crippen LogP contribution in [0.1, 0.15) is 23.3 Å². The van der Waals surface area contributed by atoms with Crippen molar-refractivity contribution in [3.05, 3.63) is 52.2 Å². The van der Waals surface area contributed by atoms with Gasteiger partial charge in [-0.3, -0.25) is 9.59 Å². The molecule has 2 aromatic rings. The van der Waals surface area contributed by atoms with Crippen LogP contribution in [0, 0.1) is 0 Å². The summed E-state index contributed by atoms with van der Waals surface area (Å²) < 4.78 is 5.28. The Labute approximate surface area is 157 Å². The predicted molar refractivity (Wildman–Crippen MR) is 101 cm³/mol. The van der Waals surface area contributed by atoms with Crippen LogP contribution in [-0.4, -0.2) is 43.0 Å². The highest BCUT2D eigenvalue weighted by molar-refractivity contribution is 7.10. The number of thiophene rings is 1. The first-order chi connectivity index (χ1) is 12.7. The number of amides is 2. The van der Waals surface area contributed by atoms with E-state index in [1.165, 1.54) is 0 Å². The van der Waals surface area contributed by atoms with Crippen molar-refractivity contribution in [2.75, 3.05) is 31.6 Å². The zero-order valence-corrected chi connectivity index (χ0v) is 15.4. The molecule has 136 valence electrons. The van der Waals surface area contributed by atoms with Gasteiger partial charge in [-0.15, -0.1) is 11.3 Å². The fourth-order valence-corrected chi connectivity index (χ4v) is 4.30. The molecule has 1 aromatic heterocycles. The Hall–Kier alpha value is -2.18. The summed E-state index contributed by atoms with van der Waals surface area (Å²) in [4.78, 5) is 28.0. The zero-order chi connectivity index (χ0) is 18.0. The number of carbonyl (C=O) groups is 2. The highest BCUT2D eigenvalue weighted by atomic mass is 32.1. The zero-order valence-electron chi connectivity index (χ0n) is 14.6. The molecule has 1 aliphatic heterocycles. The van der Waals surface area contributed by atoms with E-state index < -0.39 is 0 Å². The fraction of sp³-hybridized carbons (Fsp3) is 0.400. The highest BCUT2D eigenvalue weighted by Gasteiger charge is 2.52. The lowest BCUT2D eigenvalue weighted by molar-refractivity contribution is -0.134. The second kappa shape index (κ2) is 7.21. The number of anilines is 1. The van der Waals surface area contributed by atoms with Crippen molar-refractivity contribution in [1.29, 1.82) is 0 Å². The molecule has 0 spiro atoms. The molecule has 0 bridgehead atoms. The van der Waals surface area contributed by atoms with Crippen LogP contribution in [0.3, 0.4) is 0 Å². The van der Waals surface area contributed by atoms with Gasteiger partial charge in [-0.05, 0) is 42.0 Å². The number of hydrogen-bond acceptors (Lipinski definition) is 4. The first kappa shape index (κ1) is 17.2. The van der Waals surface area contributed by atoms with Gasteiger partial charge >= 0.3 is 0 Å². The molecule has 1 saturated heterocycles. The van der Waals surface area contributed by atoms with Gasteiger partial charge < -0.3 is 15.0 Å². The summed E-state index contributed by atoms with van der Waals surface area (Å²) in [5.41, 5.74) is 1.40. The summed E-state index contributed by atoms with van der Waals surface area (Å²) in [6.45, 7) is 2.56. The molecule has 0 unspecified atom stereocenters. The van der Waals surface area contributed by atoms with Crippen LogP contribution in [0.2, 0.25) is 0 Å². The number of ether oxygens (including phenoxy) is 1. The molecule has 1 saturated carbocycles. The van der Waals surface area contributed by atoms with Gasteiger partial charge in [-0.2, -0.15) is 0 Å². The van der Waals surface area contributed by atoms with Crippen LogP contribution < -0.4 is 5.32 Å². The summed E-state index contributed by atoms with van der Waals surface area (Å²) in [7, 11) is 0. The van der Waals surface area contributed by atoms with Crippen molar-refractivity contribution in [2.45, 2.75) is 24.7 Å². The van der Waals surface area contributed by atoms with Gasteiger partial charge in [0.25, 0.3) is 0 Å². The van der Waals surface area contributed by atoms with E-state index >= 15 is 0 Å². The fourth-order valence-electron chi connectivity index (χ4n) is 3.32. The van der Waals surface area contributed by atoms with E-state index in [0.29, 0.717) is 32.7 Å². The topological polar surface area (TPSA) is 58.6 Å². The molecule has 2 fully saturated rings. The molecule has 1 aromatic carbocycles. The normalized spacial score (nSPS) is 18.4. The van der Waals surface area contributed by atoms with Crippen LogP contribution in [0.15, 0.2) is 41.8 Å². The highest BCUT2D eigenvalue weighted by Crippen LogP contribution is 2.50. The lowest BCUT2D eigenvalue weighted by Gasteiger charge is -2.26. The van der Waals surface area contributed by atoms with Crippen molar-refractivity contribution >= 4 is 28.8 Å². The van der Waals surface area contributed by atoms with E-state index in [1.54, 1.807) is 11.3 Å². The molecule has 1 aliphatic carbocycles. The maximum absolute atomic E-state index is 12.7. The number of nitrogens with one attached hydrogen (secondary N) is 1. The Morgan fingerprint density at radius 3 is 2.46 bits per heavy atom. The van der Waals surface area contributed by atoms with Crippen LogP contribution in [-0.2, 0) is 26.2 Å². The molecule has 0 radical (unpaired) electrons. The van der Waals surface area contributed by atoms with E-state index in [-0.39, 0.29) is 17.2 Å². The quantitative estimate of drug-likeness (QED) is 0.880. The number of carbonyl (C=O) groups excluding carboxylic acids is 2. The minimum Gasteiger partial charge on any atom is -0.378 e. The molecule has 26 heavy (non-hydrogen) atoms. The van der Waals surface area contributed by atoms with E-state index in [4.69, 9.17) is 4.74 Å². The molecule has 4 rings (SSSR count).